The molecule has 2 unspecified atom stereocenters. The second-order valence-electron chi connectivity index (χ2n) is 5.72. The molecule has 1 heteroatoms. The minimum atomic E-state index is 0.740. The molecule has 82 valence electrons. The molecule has 5 atom stereocenters. The molecule has 1 nitrogen and oxygen atoms in total. The molecular weight excluding hydrogens is 170 g/mol. The van der Waals surface area contributed by atoms with Crippen molar-refractivity contribution in [2.75, 3.05) is 0 Å². The Labute approximate surface area is 88.7 Å². The topological polar surface area (TPSA) is 12.0 Å². The van der Waals surface area contributed by atoms with Crippen LogP contribution in [0.3, 0.4) is 0 Å². The molecule has 0 aromatic rings. The van der Waals surface area contributed by atoms with Crippen LogP contribution >= 0.6 is 0 Å². The fraction of sp³-hybridized carbons (Fsp3) is 1.00. The highest BCUT2D eigenvalue weighted by Crippen LogP contribution is 2.54. The third-order valence-electron chi connectivity index (χ3n) is 4.74. The van der Waals surface area contributed by atoms with Gasteiger partial charge in [-0.1, -0.05) is 27.7 Å². The highest BCUT2D eigenvalue weighted by molar-refractivity contribution is 5.06. The van der Waals surface area contributed by atoms with Crippen molar-refractivity contribution >= 4 is 0 Å². The third kappa shape index (κ3) is 1.50. The smallest absolute Gasteiger partial charge is 0.0129 e. The summed E-state index contributed by atoms with van der Waals surface area (Å²) in [6.45, 7) is 9.41. The molecular formula is C13H25N. The van der Waals surface area contributed by atoms with E-state index in [1.807, 2.05) is 0 Å². The maximum absolute atomic E-state index is 3.88. The predicted octanol–water partition coefficient (Wildman–Crippen LogP) is 3.06. The van der Waals surface area contributed by atoms with Gasteiger partial charge in [0.2, 0.25) is 0 Å². The highest BCUT2D eigenvalue weighted by Gasteiger charge is 2.53. The molecule has 0 spiro atoms. The lowest BCUT2D eigenvalue weighted by Crippen LogP contribution is -2.64. The standard InChI is InChI=1S/C13H25N/c1-5-12(8(2)3)14-13-9(4)10-6-7-11(10)13/h8-14H,5-7H2,1-4H3/t9-,10?,11+,12?,13-/m0/s1. The zero-order chi connectivity index (χ0) is 10.3. The SMILES string of the molecule is CCC(N[C@@H]1[C@@H]2CCC2[C@@H]1C)C(C)C. The van der Waals surface area contributed by atoms with Gasteiger partial charge in [-0.3, -0.25) is 0 Å². The molecule has 0 saturated heterocycles. The van der Waals surface area contributed by atoms with E-state index in [1.165, 1.54) is 19.3 Å². The molecule has 0 aromatic heterocycles. The van der Waals surface area contributed by atoms with Crippen molar-refractivity contribution < 1.29 is 0 Å². The van der Waals surface area contributed by atoms with Gasteiger partial charge in [0, 0.05) is 12.1 Å². The average molecular weight is 195 g/mol. The van der Waals surface area contributed by atoms with Gasteiger partial charge in [0.1, 0.15) is 0 Å². The first-order valence-electron chi connectivity index (χ1n) is 6.41. The van der Waals surface area contributed by atoms with Crippen molar-refractivity contribution in [3.8, 4) is 0 Å². The van der Waals surface area contributed by atoms with E-state index in [2.05, 4.69) is 33.0 Å². The quantitative estimate of drug-likeness (QED) is 0.727. The van der Waals surface area contributed by atoms with Crippen LogP contribution in [0.25, 0.3) is 0 Å². The van der Waals surface area contributed by atoms with Crippen LogP contribution in [-0.2, 0) is 0 Å². The average Bonchev–Trinajstić information content (AvgIpc) is 2.09. The maximum Gasteiger partial charge on any atom is 0.0129 e. The minimum Gasteiger partial charge on any atom is -0.310 e. The van der Waals surface area contributed by atoms with Crippen molar-refractivity contribution in [1.29, 1.82) is 0 Å². The largest absolute Gasteiger partial charge is 0.310 e. The monoisotopic (exact) mass is 195 g/mol. The Morgan fingerprint density at radius 1 is 1.21 bits per heavy atom. The van der Waals surface area contributed by atoms with Gasteiger partial charge in [0.25, 0.3) is 0 Å². The fourth-order valence-corrected chi connectivity index (χ4v) is 3.47. The minimum absolute atomic E-state index is 0.740. The summed E-state index contributed by atoms with van der Waals surface area (Å²) in [5.74, 6) is 3.85. The van der Waals surface area contributed by atoms with Gasteiger partial charge in [-0.15, -0.1) is 0 Å². The second kappa shape index (κ2) is 3.84. The van der Waals surface area contributed by atoms with Crippen LogP contribution in [0.4, 0.5) is 0 Å². The molecule has 2 fully saturated rings. The van der Waals surface area contributed by atoms with E-state index in [9.17, 15) is 0 Å². The molecule has 0 heterocycles. The molecule has 0 radical (unpaired) electrons. The fourth-order valence-electron chi connectivity index (χ4n) is 3.47. The number of hydrogen-bond acceptors (Lipinski definition) is 1. The van der Waals surface area contributed by atoms with Crippen LogP contribution in [-0.4, -0.2) is 12.1 Å². The first-order chi connectivity index (χ1) is 6.65. The van der Waals surface area contributed by atoms with Gasteiger partial charge in [0.05, 0.1) is 0 Å². The summed E-state index contributed by atoms with van der Waals surface area (Å²) in [5.41, 5.74) is 0. The Morgan fingerprint density at radius 3 is 2.21 bits per heavy atom. The Hall–Kier alpha value is -0.0400. The summed E-state index contributed by atoms with van der Waals surface area (Å²) in [5, 5.41) is 3.88. The van der Waals surface area contributed by atoms with Crippen LogP contribution in [0.2, 0.25) is 0 Å². The van der Waals surface area contributed by atoms with E-state index in [0.29, 0.717) is 0 Å². The lowest BCUT2D eigenvalue weighted by molar-refractivity contribution is -0.0667. The number of fused-ring (bicyclic) bond motifs is 1. The first kappa shape index (κ1) is 10.5. The summed E-state index contributed by atoms with van der Waals surface area (Å²) < 4.78 is 0. The highest BCUT2D eigenvalue weighted by atomic mass is 15.0. The zero-order valence-corrected chi connectivity index (χ0v) is 10.1. The molecule has 0 amide bonds. The van der Waals surface area contributed by atoms with E-state index in [0.717, 1.165) is 35.8 Å². The molecule has 0 bridgehead atoms. The Morgan fingerprint density at radius 2 is 1.86 bits per heavy atom. The number of hydrogen-bond donors (Lipinski definition) is 1. The zero-order valence-electron chi connectivity index (χ0n) is 10.1. The lowest BCUT2D eigenvalue weighted by atomic mass is 9.50. The maximum atomic E-state index is 3.88. The van der Waals surface area contributed by atoms with Gasteiger partial charge in [-0.05, 0) is 42.9 Å². The Bertz CT molecular complexity index is 193. The first-order valence-corrected chi connectivity index (χ1v) is 6.41. The van der Waals surface area contributed by atoms with Gasteiger partial charge in [0.15, 0.2) is 0 Å². The molecule has 2 aliphatic rings. The summed E-state index contributed by atoms with van der Waals surface area (Å²) in [4.78, 5) is 0. The van der Waals surface area contributed by atoms with Crippen molar-refractivity contribution in [3.63, 3.8) is 0 Å². The summed E-state index contributed by atoms with van der Waals surface area (Å²) >= 11 is 0. The van der Waals surface area contributed by atoms with Crippen LogP contribution in [0.15, 0.2) is 0 Å². The van der Waals surface area contributed by atoms with Crippen molar-refractivity contribution in [2.45, 2.75) is 59.0 Å². The van der Waals surface area contributed by atoms with E-state index in [4.69, 9.17) is 0 Å². The van der Waals surface area contributed by atoms with Gasteiger partial charge >= 0.3 is 0 Å². The molecule has 1 N–H and O–H groups in total. The molecule has 0 aromatic carbocycles. The number of rotatable bonds is 4. The molecule has 2 saturated carbocycles. The normalized spacial score (nSPS) is 42.6. The van der Waals surface area contributed by atoms with E-state index < -0.39 is 0 Å². The Balaban J connectivity index is 1.84. The van der Waals surface area contributed by atoms with Crippen LogP contribution in [0, 0.1) is 23.7 Å². The van der Waals surface area contributed by atoms with Crippen molar-refractivity contribution in [1.82, 2.24) is 5.32 Å². The van der Waals surface area contributed by atoms with Crippen LogP contribution in [0.5, 0.6) is 0 Å². The second-order valence-corrected chi connectivity index (χ2v) is 5.72. The predicted molar refractivity (Wildman–Crippen MR) is 61.2 cm³/mol. The third-order valence-corrected chi connectivity index (χ3v) is 4.74. The Kier molecular flexibility index (Phi) is 2.88. The lowest BCUT2D eigenvalue weighted by Gasteiger charge is -2.59. The van der Waals surface area contributed by atoms with Crippen LogP contribution in [0.1, 0.15) is 47.0 Å². The van der Waals surface area contributed by atoms with Crippen molar-refractivity contribution in [2.24, 2.45) is 23.7 Å². The number of nitrogens with one attached hydrogen (secondary N) is 1. The summed E-state index contributed by atoms with van der Waals surface area (Å²) in [7, 11) is 0. The van der Waals surface area contributed by atoms with Gasteiger partial charge in [-0.25, -0.2) is 0 Å². The molecule has 2 aliphatic carbocycles. The molecule has 14 heavy (non-hydrogen) atoms. The summed E-state index contributed by atoms with van der Waals surface area (Å²) in [6, 6.07) is 1.59. The van der Waals surface area contributed by atoms with Gasteiger partial charge in [-0.2, -0.15) is 0 Å². The van der Waals surface area contributed by atoms with E-state index >= 15 is 0 Å². The van der Waals surface area contributed by atoms with Gasteiger partial charge < -0.3 is 5.32 Å². The van der Waals surface area contributed by atoms with Crippen LogP contribution < -0.4 is 5.32 Å². The summed E-state index contributed by atoms with van der Waals surface area (Å²) in [6.07, 6.45) is 4.27. The molecule has 0 aliphatic heterocycles. The van der Waals surface area contributed by atoms with E-state index in [-0.39, 0.29) is 0 Å². The molecule has 2 rings (SSSR count). The van der Waals surface area contributed by atoms with E-state index in [1.54, 1.807) is 0 Å². The van der Waals surface area contributed by atoms with Crippen molar-refractivity contribution in [3.05, 3.63) is 0 Å².